The van der Waals surface area contributed by atoms with E-state index in [0.29, 0.717) is 24.7 Å². The summed E-state index contributed by atoms with van der Waals surface area (Å²) in [5, 5.41) is 14.9. The van der Waals surface area contributed by atoms with Gasteiger partial charge in [0.1, 0.15) is 6.10 Å². The molecule has 1 unspecified atom stereocenters. The number of hydrogen-bond acceptors (Lipinski definition) is 4. The Kier molecular flexibility index (Phi) is 6.08. The van der Waals surface area contributed by atoms with E-state index in [4.69, 9.17) is 21.1 Å². The van der Waals surface area contributed by atoms with Crippen molar-refractivity contribution in [2.24, 2.45) is 7.05 Å². The molecule has 0 aliphatic carbocycles. The van der Waals surface area contributed by atoms with E-state index in [1.165, 1.54) is 0 Å². The first-order valence-electron chi connectivity index (χ1n) is 6.10. The number of ether oxygens (including phenoxy) is 2. The highest BCUT2D eigenvalue weighted by molar-refractivity contribution is 6.31. The van der Waals surface area contributed by atoms with Gasteiger partial charge < -0.3 is 14.6 Å². The molecule has 5 nitrogen and oxygen atoms in total. The molecule has 0 saturated carbocycles. The lowest BCUT2D eigenvalue weighted by Gasteiger charge is -2.22. The largest absolute Gasteiger partial charge is 0.387 e. The van der Waals surface area contributed by atoms with Crippen molar-refractivity contribution < 1.29 is 14.6 Å². The summed E-state index contributed by atoms with van der Waals surface area (Å²) in [6, 6.07) is 0. The maximum atomic E-state index is 10.1. The molecule has 18 heavy (non-hydrogen) atoms. The van der Waals surface area contributed by atoms with Crippen LogP contribution in [0.3, 0.4) is 0 Å². The van der Waals surface area contributed by atoms with E-state index in [0.717, 1.165) is 11.4 Å². The molecule has 1 heterocycles. The molecule has 0 aromatic carbocycles. The van der Waals surface area contributed by atoms with Gasteiger partial charge in [0, 0.05) is 26.7 Å². The van der Waals surface area contributed by atoms with Crippen LogP contribution in [-0.2, 0) is 22.9 Å². The number of aromatic nitrogens is 2. The van der Waals surface area contributed by atoms with E-state index >= 15 is 0 Å². The Hall–Kier alpha value is -0.620. The molecule has 0 aliphatic rings. The number of aliphatic hydroxyl groups is 1. The van der Waals surface area contributed by atoms with Gasteiger partial charge in [-0.2, -0.15) is 5.10 Å². The van der Waals surface area contributed by atoms with Crippen LogP contribution < -0.4 is 0 Å². The number of halogens is 1. The first kappa shape index (κ1) is 15.4. The Morgan fingerprint density at radius 1 is 1.33 bits per heavy atom. The number of nitrogens with zero attached hydrogens (tertiary/aromatic N) is 2. The predicted octanol–water partition coefficient (Wildman–Crippen LogP) is 1.68. The van der Waals surface area contributed by atoms with E-state index in [-0.39, 0.29) is 0 Å². The van der Waals surface area contributed by atoms with Crippen molar-refractivity contribution in [1.82, 2.24) is 9.78 Å². The van der Waals surface area contributed by atoms with E-state index in [1.54, 1.807) is 11.7 Å². The molecule has 6 heteroatoms. The van der Waals surface area contributed by atoms with Gasteiger partial charge in [-0.3, -0.25) is 4.68 Å². The Morgan fingerprint density at radius 2 is 1.89 bits per heavy atom. The molecule has 0 saturated heterocycles. The molecule has 1 rings (SSSR count). The first-order valence-corrected chi connectivity index (χ1v) is 6.48. The van der Waals surface area contributed by atoms with Gasteiger partial charge in [-0.25, -0.2) is 0 Å². The van der Waals surface area contributed by atoms with Crippen LogP contribution in [0, 0.1) is 6.92 Å². The molecule has 1 atom stereocenters. The molecule has 0 fully saturated rings. The lowest BCUT2D eigenvalue weighted by atomic mass is 10.2. The highest BCUT2D eigenvalue weighted by atomic mass is 35.5. The van der Waals surface area contributed by atoms with Crippen LogP contribution in [0.4, 0.5) is 0 Å². The number of aliphatic hydroxyl groups excluding tert-OH is 1. The zero-order valence-corrected chi connectivity index (χ0v) is 12.1. The van der Waals surface area contributed by atoms with Crippen LogP contribution in [-0.4, -0.2) is 40.5 Å². The molecule has 1 aromatic rings. The van der Waals surface area contributed by atoms with Gasteiger partial charge in [-0.1, -0.05) is 11.6 Å². The summed E-state index contributed by atoms with van der Waals surface area (Å²) >= 11 is 6.14. The lowest BCUT2D eigenvalue weighted by molar-refractivity contribution is -0.189. The standard InChI is InChI=1S/C12H21ClN2O3/c1-5-17-12(18-6-2)10(16)7-9-11(13)8(3)14-15(9)4/h10,12,16H,5-7H2,1-4H3. The smallest absolute Gasteiger partial charge is 0.183 e. The molecule has 1 aromatic heterocycles. The average Bonchev–Trinajstić information content (AvgIpc) is 2.55. The highest BCUT2D eigenvalue weighted by Crippen LogP contribution is 2.22. The molecule has 1 N–H and O–H groups in total. The molecule has 0 amide bonds. The van der Waals surface area contributed by atoms with E-state index < -0.39 is 12.4 Å². The van der Waals surface area contributed by atoms with Crippen LogP contribution in [0.1, 0.15) is 25.2 Å². The fourth-order valence-corrected chi connectivity index (χ4v) is 2.03. The molecule has 0 aliphatic heterocycles. The van der Waals surface area contributed by atoms with E-state index in [9.17, 15) is 5.11 Å². The van der Waals surface area contributed by atoms with Gasteiger partial charge in [-0.05, 0) is 20.8 Å². The van der Waals surface area contributed by atoms with Gasteiger partial charge >= 0.3 is 0 Å². The second-order valence-electron chi connectivity index (χ2n) is 4.02. The summed E-state index contributed by atoms with van der Waals surface area (Å²) in [5.41, 5.74) is 1.54. The second kappa shape index (κ2) is 7.09. The third-order valence-corrected chi connectivity index (χ3v) is 3.13. The Balaban J connectivity index is 2.75. The maximum absolute atomic E-state index is 10.1. The lowest BCUT2D eigenvalue weighted by Crippen LogP contribution is -2.34. The normalized spacial score (nSPS) is 13.3. The van der Waals surface area contributed by atoms with Crippen LogP contribution in [0.5, 0.6) is 0 Å². The van der Waals surface area contributed by atoms with Gasteiger partial charge in [0.2, 0.25) is 0 Å². The Labute approximate surface area is 113 Å². The monoisotopic (exact) mass is 276 g/mol. The molecule has 0 spiro atoms. The third-order valence-electron chi connectivity index (χ3n) is 2.64. The van der Waals surface area contributed by atoms with Crippen molar-refractivity contribution in [3.05, 3.63) is 16.4 Å². The quantitative estimate of drug-likeness (QED) is 0.770. The predicted molar refractivity (Wildman–Crippen MR) is 69.7 cm³/mol. The van der Waals surface area contributed by atoms with Gasteiger partial charge in [0.15, 0.2) is 6.29 Å². The minimum atomic E-state index is -0.766. The van der Waals surface area contributed by atoms with Crippen LogP contribution >= 0.6 is 11.6 Å². The minimum Gasteiger partial charge on any atom is -0.387 e. The summed E-state index contributed by atoms with van der Waals surface area (Å²) in [5.74, 6) is 0. The van der Waals surface area contributed by atoms with Gasteiger partial charge in [0.25, 0.3) is 0 Å². The Morgan fingerprint density at radius 3 is 2.28 bits per heavy atom. The van der Waals surface area contributed by atoms with Crippen molar-refractivity contribution in [3.63, 3.8) is 0 Å². The van der Waals surface area contributed by atoms with Crippen LogP contribution in [0.25, 0.3) is 0 Å². The van der Waals surface area contributed by atoms with Crippen LogP contribution in [0.2, 0.25) is 5.02 Å². The van der Waals surface area contributed by atoms with Gasteiger partial charge in [-0.15, -0.1) is 0 Å². The first-order chi connectivity index (χ1) is 8.51. The number of aryl methyl sites for hydroxylation is 2. The average molecular weight is 277 g/mol. The summed E-state index contributed by atoms with van der Waals surface area (Å²) in [4.78, 5) is 0. The zero-order valence-electron chi connectivity index (χ0n) is 11.3. The van der Waals surface area contributed by atoms with Gasteiger partial charge in [0.05, 0.1) is 16.4 Å². The fourth-order valence-electron chi connectivity index (χ4n) is 1.79. The number of rotatable bonds is 7. The van der Waals surface area contributed by atoms with Crippen molar-refractivity contribution in [2.45, 2.75) is 39.6 Å². The summed E-state index contributed by atoms with van der Waals surface area (Å²) < 4.78 is 12.4. The molecular formula is C12H21ClN2O3. The van der Waals surface area contributed by atoms with Crippen molar-refractivity contribution in [1.29, 1.82) is 0 Å². The van der Waals surface area contributed by atoms with E-state index in [2.05, 4.69) is 5.10 Å². The molecular weight excluding hydrogens is 256 g/mol. The summed E-state index contributed by atoms with van der Waals surface area (Å²) in [6.45, 7) is 6.53. The Bertz CT molecular complexity index is 376. The van der Waals surface area contributed by atoms with E-state index in [1.807, 2.05) is 20.8 Å². The zero-order chi connectivity index (χ0) is 13.7. The second-order valence-corrected chi connectivity index (χ2v) is 4.40. The van der Waals surface area contributed by atoms with Crippen molar-refractivity contribution in [3.8, 4) is 0 Å². The van der Waals surface area contributed by atoms with Crippen molar-refractivity contribution in [2.75, 3.05) is 13.2 Å². The molecule has 0 radical (unpaired) electrons. The third kappa shape index (κ3) is 3.68. The maximum Gasteiger partial charge on any atom is 0.183 e. The highest BCUT2D eigenvalue weighted by Gasteiger charge is 2.23. The SMILES string of the molecule is CCOC(OCC)C(O)Cc1c(Cl)c(C)nn1C. The van der Waals surface area contributed by atoms with Crippen molar-refractivity contribution >= 4 is 11.6 Å². The fraction of sp³-hybridized carbons (Fsp3) is 0.750. The summed E-state index contributed by atoms with van der Waals surface area (Å²) in [7, 11) is 1.80. The minimum absolute atomic E-state index is 0.348. The topological polar surface area (TPSA) is 56.5 Å². The molecule has 0 bridgehead atoms. The van der Waals surface area contributed by atoms with Crippen LogP contribution in [0.15, 0.2) is 0 Å². The number of hydrogen-bond donors (Lipinski definition) is 1. The summed E-state index contributed by atoms with van der Waals surface area (Å²) in [6.07, 6.45) is -1.05. The molecule has 104 valence electrons.